The van der Waals surface area contributed by atoms with Gasteiger partial charge in [-0.15, -0.1) is 0 Å². The molecule has 10 rings (SSSR count). The summed E-state index contributed by atoms with van der Waals surface area (Å²) >= 11 is 0. The van der Waals surface area contributed by atoms with Gasteiger partial charge in [0.05, 0.1) is 38.7 Å². The number of hydrogen-bond donors (Lipinski definition) is 0. The third kappa shape index (κ3) is 12.7. The summed E-state index contributed by atoms with van der Waals surface area (Å²) in [4.78, 5) is 14.7. The molecule has 7 heterocycles. The molecular weight excluding hydrogens is 918 g/mol. The van der Waals surface area contributed by atoms with E-state index in [1.807, 2.05) is 91.0 Å². The molecule has 13 nitrogen and oxygen atoms in total. The maximum Gasteiger partial charge on any atom is 1.00 e. The molecule has 0 amide bonds. The molecule has 0 spiro atoms. The standard InChI is InChI=1S/C28H22N6O3S.C7H15N3P.C3H6O.Cu.F6P/c35-38(36,37)28(32-19-16-25(29-32)22-10-4-1-5-11-22,33-20-17-26(30-33)23-12-6-2-7-13-23)34-21-18-27(31-34)24-14-8-3-9-15-24;1-10-3-8-2-9(4-10)6-11(5-8)7-10;1-3(2)4;;1-7(2,3,4,5)6/h1-21H,(H,35,36,37);2-7H2,1H3;1-2H3;;/q;+1;;+1;-1. The van der Waals surface area contributed by atoms with E-state index in [1.165, 1.54) is 75.8 Å². The summed E-state index contributed by atoms with van der Waals surface area (Å²) in [6, 6.07) is 32.8. The summed E-state index contributed by atoms with van der Waals surface area (Å²) in [5, 5.41) is 11.2. The van der Waals surface area contributed by atoms with Gasteiger partial charge >= 0.3 is 55.2 Å². The van der Waals surface area contributed by atoms with Crippen molar-refractivity contribution in [2.24, 2.45) is 0 Å². The van der Waals surface area contributed by atoms with E-state index in [0.29, 0.717) is 17.1 Å². The normalized spacial score (nSPS) is 21.4. The van der Waals surface area contributed by atoms with Crippen molar-refractivity contribution >= 4 is 31.6 Å². The minimum Gasteiger partial charge on any atom is -0.743 e. The molecule has 2 unspecified atom stereocenters. The van der Waals surface area contributed by atoms with Gasteiger partial charge in [0, 0.05) is 35.3 Å². The number of aromatic nitrogens is 6. The van der Waals surface area contributed by atoms with E-state index in [2.05, 4.69) is 32.1 Å². The van der Waals surface area contributed by atoms with Crippen LogP contribution in [0.4, 0.5) is 25.2 Å². The van der Waals surface area contributed by atoms with E-state index in [0.717, 1.165) is 30.7 Å². The minimum atomic E-state index is -10.7. The molecule has 2 atom stereocenters. The van der Waals surface area contributed by atoms with Gasteiger partial charge in [-0.3, -0.25) is 4.48 Å². The van der Waals surface area contributed by atoms with Crippen molar-refractivity contribution < 1.29 is 64.5 Å². The first-order chi connectivity index (χ1) is 27.9. The number of benzene rings is 3. The number of carbonyl (C=O) groups excluding carboxylic acids is 1. The summed E-state index contributed by atoms with van der Waals surface area (Å²) < 4.78 is 104. The van der Waals surface area contributed by atoms with Gasteiger partial charge in [0.25, 0.3) is 0 Å². The zero-order valence-electron chi connectivity index (χ0n) is 32.9. The van der Waals surface area contributed by atoms with Crippen LogP contribution in [-0.4, -0.2) is 108 Å². The number of ketones is 1. The van der Waals surface area contributed by atoms with Gasteiger partial charge in [0.15, 0.2) is 16.4 Å². The first kappa shape index (κ1) is 47.8. The molecule has 0 aliphatic carbocycles. The van der Waals surface area contributed by atoms with E-state index in [9.17, 15) is 42.9 Å². The Bertz CT molecular complexity index is 2300. The van der Waals surface area contributed by atoms with Crippen molar-refractivity contribution in [2.45, 2.75) is 19.0 Å². The molecule has 4 aliphatic heterocycles. The first-order valence-corrected chi connectivity index (χ1v) is 23.9. The third-order valence-corrected chi connectivity index (χ3v) is 13.4. The quantitative estimate of drug-likeness (QED) is 0.0508. The van der Waals surface area contributed by atoms with Crippen LogP contribution in [-0.2, 0) is 37.1 Å². The number of nitrogens with zero attached hydrogens (tertiary/aromatic N) is 9. The van der Waals surface area contributed by atoms with Crippen LogP contribution < -0.4 is 0 Å². The Morgan fingerprint density at radius 3 is 1.20 bits per heavy atom. The Labute approximate surface area is 360 Å². The number of carbonyl (C=O) groups is 1. The van der Waals surface area contributed by atoms with E-state index >= 15 is 0 Å². The second kappa shape index (κ2) is 17.5. The maximum absolute atomic E-state index is 13.4. The van der Waals surface area contributed by atoms with Crippen LogP contribution in [0.15, 0.2) is 128 Å². The molecule has 23 heteroatoms. The molecule has 0 radical (unpaired) electrons. The van der Waals surface area contributed by atoms with Crippen LogP contribution in [0.3, 0.4) is 0 Å². The van der Waals surface area contributed by atoms with E-state index in [1.54, 1.807) is 18.2 Å². The van der Waals surface area contributed by atoms with Crippen molar-refractivity contribution in [3.05, 3.63) is 128 Å². The summed E-state index contributed by atoms with van der Waals surface area (Å²) in [7, 11) is -13.5. The molecule has 4 aliphatic rings. The topological polar surface area (TPSA) is 134 Å². The van der Waals surface area contributed by atoms with Gasteiger partial charge in [-0.25, -0.2) is 32.3 Å². The molecule has 61 heavy (non-hydrogen) atoms. The van der Waals surface area contributed by atoms with Gasteiger partial charge in [-0.2, -0.15) is 15.3 Å². The van der Waals surface area contributed by atoms with Crippen molar-refractivity contribution in [1.82, 2.24) is 39.1 Å². The zero-order valence-corrected chi connectivity index (χ0v) is 36.6. The second-order valence-corrected chi connectivity index (χ2v) is 20.9. The van der Waals surface area contributed by atoms with Crippen molar-refractivity contribution in [3.8, 4) is 33.8 Å². The second-order valence-electron chi connectivity index (χ2n) is 15.0. The Morgan fingerprint density at radius 1 is 0.656 bits per heavy atom. The predicted molar refractivity (Wildman–Crippen MR) is 219 cm³/mol. The van der Waals surface area contributed by atoms with E-state index in [-0.39, 0.29) is 30.8 Å². The van der Waals surface area contributed by atoms with Crippen LogP contribution in [0.2, 0.25) is 0 Å². The molecule has 0 N–H and O–H groups in total. The van der Waals surface area contributed by atoms with E-state index < -0.39 is 23.0 Å². The zero-order chi connectivity index (χ0) is 43.6. The Kier molecular flexibility index (Phi) is 13.7. The number of quaternary nitrogens is 1. The Hall–Kier alpha value is -4.29. The molecular formula is C38H43CuF6N9O4P2S+. The van der Waals surface area contributed by atoms with Crippen molar-refractivity contribution in [1.29, 1.82) is 0 Å². The monoisotopic (exact) mass is 960 g/mol. The predicted octanol–water partition coefficient (Wildman–Crippen LogP) is 8.50. The molecule has 4 fully saturated rings. The first-order valence-electron chi connectivity index (χ1n) is 18.3. The summed E-state index contributed by atoms with van der Waals surface area (Å²) in [6.07, 6.45) is 8.81. The van der Waals surface area contributed by atoms with Gasteiger partial charge in [-0.05, 0) is 32.0 Å². The van der Waals surface area contributed by atoms with Gasteiger partial charge < -0.3 is 9.35 Å². The van der Waals surface area contributed by atoms with Crippen molar-refractivity contribution in [3.63, 3.8) is 0 Å². The number of halogens is 6. The molecule has 4 saturated heterocycles. The Morgan fingerprint density at radius 2 is 0.951 bits per heavy atom. The van der Waals surface area contributed by atoms with Crippen LogP contribution in [0.5, 0.6) is 0 Å². The fourth-order valence-corrected chi connectivity index (χ4v) is 11.6. The van der Waals surface area contributed by atoms with E-state index in [4.69, 9.17) is 0 Å². The summed E-state index contributed by atoms with van der Waals surface area (Å²) in [6.45, 7) is 6.97. The number of hydrogen-bond acceptors (Lipinski definition) is 9. The van der Waals surface area contributed by atoms with Gasteiger partial charge in [0.1, 0.15) is 31.7 Å². The smallest absolute Gasteiger partial charge is 0.743 e. The molecule has 0 saturated carbocycles. The molecule has 6 aromatic rings. The van der Waals surface area contributed by atoms with Crippen LogP contribution in [0, 0.1) is 0 Å². The SMILES string of the molecule is CC(C)=O.C[N+]12CN3CN(C[PH+](C3)C1)C2.F[P-](F)(F)(F)(F)F.O=S(=O)([O-])C(n1ccc(-c2ccccc2)n1)(n1ccc(-c2ccccc2)n1)n1ccc(-c2ccccc2)n1.[Cu+]. The molecule has 3 aromatic carbocycles. The summed E-state index contributed by atoms with van der Waals surface area (Å²) in [5.74, 6) is 0.167. The maximum atomic E-state index is 13.4. The largest absolute Gasteiger partial charge is 1.00 e. The average molecular weight is 961 g/mol. The molecule has 4 bridgehead atoms. The van der Waals surface area contributed by atoms with Crippen LogP contribution in [0.1, 0.15) is 13.8 Å². The fourth-order valence-electron chi connectivity index (χ4n) is 7.41. The average Bonchev–Trinajstić information content (AvgIpc) is 3.94. The van der Waals surface area contributed by atoms with Gasteiger partial charge in [0.2, 0.25) is 0 Å². The molecule has 3 aromatic heterocycles. The van der Waals surface area contributed by atoms with Gasteiger partial charge in [-0.1, -0.05) is 91.0 Å². The molecule has 332 valence electrons. The third-order valence-electron chi connectivity index (χ3n) is 9.19. The Balaban J connectivity index is 0.000000248. The number of rotatable bonds is 7. The van der Waals surface area contributed by atoms with Crippen LogP contribution >= 0.6 is 15.7 Å². The van der Waals surface area contributed by atoms with Crippen molar-refractivity contribution in [2.75, 3.05) is 45.9 Å². The minimum absolute atomic E-state index is 0. The van der Waals surface area contributed by atoms with Crippen LogP contribution in [0.25, 0.3) is 33.8 Å². The fraction of sp³-hybridized carbons (Fsp3) is 0.263. The summed E-state index contributed by atoms with van der Waals surface area (Å²) in [5.41, 5.74) is 3.76. The number of Topliss-reactive ketones (excluding diaryl/α,β-unsaturated/α-hetero) is 1.